The average Bonchev–Trinajstić information content (AvgIpc) is 3.08. The van der Waals surface area contributed by atoms with E-state index in [4.69, 9.17) is 4.42 Å². The fourth-order valence-corrected chi connectivity index (χ4v) is 1.78. The van der Waals surface area contributed by atoms with Gasteiger partial charge in [-0.15, -0.1) is 0 Å². The number of hydrogen-bond acceptors (Lipinski definition) is 4. The number of benzene rings is 1. The Morgan fingerprint density at radius 3 is 2.79 bits per heavy atom. The van der Waals surface area contributed by atoms with Crippen LogP contribution in [0.25, 0.3) is 5.69 Å². The molecule has 0 aliphatic heterocycles. The van der Waals surface area contributed by atoms with E-state index < -0.39 is 0 Å². The van der Waals surface area contributed by atoms with E-state index in [0.717, 1.165) is 17.1 Å². The van der Waals surface area contributed by atoms with Crippen molar-refractivity contribution in [2.75, 3.05) is 5.32 Å². The lowest BCUT2D eigenvalue weighted by molar-refractivity contribution is 0.512. The Bertz CT molecular complexity index is 695. The van der Waals surface area contributed by atoms with Crippen LogP contribution in [-0.4, -0.2) is 14.5 Å². The van der Waals surface area contributed by atoms with Crippen molar-refractivity contribution in [3.8, 4) is 5.69 Å². The van der Waals surface area contributed by atoms with Crippen molar-refractivity contribution in [3.63, 3.8) is 0 Å². The molecule has 2 aromatic heterocycles. The zero-order valence-corrected chi connectivity index (χ0v) is 10.0. The quantitative estimate of drug-likeness (QED) is 0.745. The Morgan fingerprint density at radius 1 is 1.32 bits per heavy atom. The first kappa shape index (κ1) is 11.3. The number of H-pyrrole nitrogens is 1. The predicted octanol–water partition coefficient (Wildman–Crippen LogP) is 1.77. The summed E-state index contributed by atoms with van der Waals surface area (Å²) in [5.74, 6) is 0.769. The van der Waals surface area contributed by atoms with E-state index in [2.05, 4.69) is 15.3 Å². The van der Waals surface area contributed by atoms with Gasteiger partial charge in [0.1, 0.15) is 5.76 Å². The summed E-state index contributed by atoms with van der Waals surface area (Å²) >= 11 is 0. The van der Waals surface area contributed by atoms with E-state index in [9.17, 15) is 4.79 Å². The molecule has 0 bridgehead atoms. The largest absolute Gasteiger partial charge is 0.447 e. The fraction of sp³-hybridized carbons (Fsp3) is 0.0769. The van der Waals surface area contributed by atoms with Gasteiger partial charge in [0.15, 0.2) is 6.39 Å². The summed E-state index contributed by atoms with van der Waals surface area (Å²) in [4.78, 5) is 17.9. The topological polar surface area (TPSA) is 75.8 Å². The lowest BCUT2D eigenvalue weighted by atomic mass is 10.2. The molecule has 0 radical (unpaired) electrons. The van der Waals surface area contributed by atoms with E-state index in [-0.39, 0.29) is 5.69 Å². The van der Waals surface area contributed by atoms with Crippen LogP contribution in [-0.2, 0) is 6.54 Å². The molecule has 19 heavy (non-hydrogen) atoms. The standard InChI is InChI=1S/C13H12N4O2/c18-13-15-5-6-17(13)11-3-1-10(2-4-11)16-8-12-7-14-9-19-12/h1-7,9,16H,8H2,(H,15,18). The zero-order chi connectivity index (χ0) is 13.1. The van der Waals surface area contributed by atoms with Crippen molar-refractivity contribution in [1.29, 1.82) is 0 Å². The van der Waals surface area contributed by atoms with Crippen molar-refractivity contribution in [2.24, 2.45) is 0 Å². The van der Waals surface area contributed by atoms with Gasteiger partial charge < -0.3 is 14.7 Å². The van der Waals surface area contributed by atoms with Gasteiger partial charge in [0.25, 0.3) is 0 Å². The van der Waals surface area contributed by atoms with E-state index >= 15 is 0 Å². The predicted molar refractivity (Wildman–Crippen MR) is 70.2 cm³/mol. The molecule has 0 amide bonds. The third kappa shape index (κ3) is 2.42. The molecule has 6 heteroatoms. The lowest BCUT2D eigenvalue weighted by Gasteiger charge is -2.06. The normalized spacial score (nSPS) is 10.5. The number of aromatic nitrogens is 3. The number of hydrogen-bond donors (Lipinski definition) is 2. The minimum absolute atomic E-state index is 0.151. The van der Waals surface area contributed by atoms with Gasteiger partial charge in [0.2, 0.25) is 0 Å². The molecule has 0 saturated heterocycles. The summed E-state index contributed by atoms with van der Waals surface area (Å²) in [6, 6.07) is 7.56. The number of nitrogens with zero attached hydrogens (tertiary/aromatic N) is 2. The Morgan fingerprint density at radius 2 is 2.16 bits per heavy atom. The number of imidazole rings is 1. The molecule has 0 aliphatic carbocycles. The molecule has 0 atom stereocenters. The maximum atomic E-state index is 11.5. The molecule has 2 N–H and O–H groups in total. The molecule has 1 aromatic carbocycles. The highest BCUT2D eigenvalue weighted by molar-refractivity contribution is 5.48. The molecule has 3 rings (SSSR count). The van der Waals surface area contributed by atoms with Crippen LogP contribution in [0.2, 0.25) is 0 Å². The monoisotopic (exact) mass is 256 g/mol. The zero-order valence-electron chi connectivity index (χ0n) is 10.0. The van der Waals surface area contributed by atoms with Crippen LogP contribution in [0.4, 0.5) is 5.69 Å². The van der Waals surface area contributed by atoms with Gasteiger partial charge in [0, 0.05) is 18.1 Å². The molecule has 0 unspecified atom stereocenters. The van der Waals surface area contributed by atoms with E-state index in [1.54, 1.807) is 23.2 Å². The summed E-state index contributed by atoms with van der Waals surface area (Å²) in [7, 11) is 0. The molecule has 96 valence electrons. The summed E-state index contributed by atoms with van der Waals surface area (Å²) in [5, 5.41) is 3.21. The smallest absolute Gasteiger partial charge is 0.330 e. The second-order valence-corrected chi connectivity index (χ2v) is 4.00. The van der Waals surface area contributed by atoms with Gasteiger partial charge in [-0.25, -0.2) is 9.78 Å². The van der Waals surface area contributed by atoms with Crippen molar-refractivity contribution in [2.45, 2.75) is 6.54 Å². The van der Waals surface area contributed by atoms with Crippen molar-refractivity contribution in [1.82, 2.24) is 14.5 Å². The van der Waals surface area contributed by atoms with Crippen LogP contribution in [0.3, 0.4) is 0 Å². The van der Waals surface area contributed by atoms with Gasteiger partial charge in [-0.3, -0.25) is 4.57 Å². The van der Waals surface area contributed by atoms with E-state index in [1.165, 1.54) is 6.39 Å². The van der Waals surface area contributed by atoms with Crippen LogP contribution in [0, 0.1) is 0 Å². The van der Waals surface area contributed by atoms with Gasteiger partial charge in [-0.2, -0.15) is 0 Å². The van der Waals surface area contributed by atoms with Crippen molar-refractivity contribution in [3.05, 3.63) is 65.5 Å². The van der Waals surface area contributed by atoms with Crippen molar-refractivity contribution < 1.29 is 4.42 Å². The first-order valence-corrected chi connectivity index (χ1v) is 5.80. The maximum absolute atomic E-state index is 11.5. The van der Waals surface area contributed by atoms with Crippen molar-refractivity contribution >= 4 is 5.69 Å². The van der Waals surface area contributed by atoms with Crippen LogP contribution in [0.5, 0.6) is 0 Å². The van der Waals surface area contributed by atoms with Crippen LogP contribution < -0.4 is 11.0 Å². The number of nitrogens with one attached hydrogen (secondary N) is 2. The second kappa shape index (κ2) is 4.85. The lowest BCUT2D eigenvalue weighted by Crippen LogP contribution is -2.13. The number of aromatic amines is 1. The van der Waals surface area contributed by atoms with Gasteiger partial charge in [-0.05, 0) is 24.3 Å². The highest BCUT2D eigenvalue weighted by atomic mass is 16.3. The van der Waals surface area contributed by atoms with E-state index in [1.807, 2.05) is 24.3 Å². The summed E-state index contributed by atoms with van der Waals surface area (Å²) in [6.45, 7) is 0.573. The molecule has 0 spiro atoms. The first-order chi connectivity index (χ1) is 9.33. The molecular weight excluding hydrogens is 244 g/mol. The Labute approximate surface area is 108 Å². The third-order valence-corrected chi connectivity index (χ3v) is 2.74. The number of rotatable bonds is 4. The summed E-state index contributed by atoms with van der Waals surface area (Å²) in [6.07, 6.45) is 6.37. The maximum Gasteiger partial charge on any atom is 0.330 e. The second-order valence-electron chi connectivity index (χ2n) is 4.00. The molecule has 0 saturated carbocycles. The molecule has 3 aromatic rings. The minimum Gasteiger partial charge on any atom is -0.447 e. The van der Waals surface area contributed by atoms with Gasteiger partial charge >= 0.3 is 5.69 Å². The molecule has 6 nitrogen and oxygen atoms in total. The fourth-order valence-electron chi connectivity index (χ4n) is 1.78. The highest BCUT2D eigenvalue weighted by Gasteiger charge is 2.00. The van der Waals surface area contributed by atoms with Crippen LogP contribution >= 0.6 is 0 Å². The Balaban J connectivity index is 1.72. The Kier molecular flexibility index (Phi) is 2.89. The molecule has 0 aliphatic rings. The third-order valence-electron chi connectivity index (χ3n) is 2.74. The first-order valence-electron chi connectivity index (χ1n) is 5.80. The minimum atomic E-state index is -0.151. The number of anilines is 1. The van der Waals surface area contributed by atoms with Gasteiger partial charge in [0.05, 0.1) is 18.4 Å². The van der Waals surface area contributed by atoms with Gasteiger partial charge in [-0.1, -0.05) is 0 Å². The highest BCUT2D eigenvalue weighted by Crippen LogP contribution is 2.13. The van der Waals surface area contributed by atoms with E-state index in [0.29, 0.717) is 6.54 Å². The molecular formula is C13H12N4O2. The Hall–Kier alpha value is -2.76. The van der Waals surface area contributed by atoms with Crippen LogP contribution in [0.15, 0.2) is 58.5 Å². The summed E-state index contributed by atoms with van der Waals surface area (Å²) in [5.41, 5.74) is 1.61. The molecule has 0 fully saturated rings. The summed E-state index contributed by atoms with van der Waals surface area (Å²) < 4.78 is 6.67. The number of oxazole rings is 1. The van der Waals surface area contributed by atoms with Crippen LogP contribution in [0.1, 0.15) is 5.76 Å². The molecule has 2 heterocycles. The SMILES string of the molecule is O=c1[nH]ccn1-c1ccc(NCc2cnco2)cc1. The average molecular weight is 256 g/mol.